The van der Waals surface area contributed by atoms with Gasteiger partial charge in [0.15, 0.2) is 11.2 Å². The predicted octanol–water partition coefficient (Wildman–Crippen LogP) is 1.59. The van der Waals surface area contributed by atoms with Crippen LogP contribution in [0.5, 0.6) is 0 Å². The van der Waals surface area contributed by atoms with Gasteiger partial charge in [0.2, 0.25) is 0 Å². The molecule has 0 saturated heterocycles. The number of ether oxygens (including phenoxy) is 1. The highest BCUT2D eigenvalue weighted by molar-refractivity contribution is 7.53. The maximum Gasteiger partial charge on any atom is 0.332 e. The number of rotatable bonds is 12. The normalized spacial score (nSPS) is 13.9. The lowest BCUT2D eigenvalue weighted by Gasteiger charge is -2.16. The molecule has 0 spiro atoms. The Balaban J connectivity index is 2.11. The summed E-state index contributed by atoms with van der Waals surface area (Å²) in [4.78, 5) is 29.6. The molecule has 0 N–H and O–H groups in total. The van der Waals surface area contributed by atoms with E-state index in [1.807, 2.05) is 0 Å². The van der Waals surface area contributed by atoms with E-state index in [-0.39, 0.29) is 18.7 Å². The van der Waals surface area contributed by atoms with Gasteiger partial charge in [0.1, 0.15) is 0 Å². The Hall–Kier alpha value is -1.74. The average molecular weight is 416 g/mol. The van der Waals surface area contributed by atoms with Gasteiger partial charge in [-0.2, -0.15) is 0 Å². The molecule has 1 unspecified atom stereocenters. The molecule has 11 heteroatoms. The van der Waals surface area contributed by atoms with Crippen molar-refractivity contribution in [3.05, 3.63) is 27.2 Å². The fourth-order valence-corrected chi connectivity index (χ4v) is 4.11. The lowest BCUT2D eigenvalue weighted by Crippen LogP contribution is -2.39. The smallest absolute Gasteiger partial charge is 0.332 e. The van der Waals surface area contributed by atoms with E-state index < -0.39 is 13.3 Å². The van der Waals surface area contributed by atoms with Crippen molar-refractivity contribution >= 4 is 18.8 Å². The Bertz CT molecular complexity index is 947. The van der Waals surface area contributed by atoms with Crippen LogP contribution in [0.4, 0.5) is 0 Å². The minimum absolute atomic E-state index is 0.241. The van der Waals surface area contributed by atoms with Crippen LogP contribution >= 0.6 is 7.60 Å². The highest BCUT2D eigenvalue weighted by Crippen LogP contribution is 2.47. The van der Waals surface area contributed by atoms with Crippen LogP contribution < -0.4 is 11.2 Å². The predicted molar refractivity (Wildman–Crippen MR) is 106 cm³/mol. The highest BCUT2D eigenvalue weighted by atomic mass is 31.2. The Kier molecular flexibility index (Phi) is 8.18. The molecule has 0 amide bonds. The number of fused-ring (bicyclic) bond motifs is 1. The molecule has 2 aromatic rings. The van der Waals surface area contributed by atoms with Crippen LogP contribution in [-0.2, 0) is 38.5 Å². The molecule has 28 heavy (non-hydrogen) atoms. The van der Waals surface area contributed by atoms with Crippen molar-refractivity contribution in [2.75, 3.05) is 33.1 Å². The van der Waals surface area contributed by atoms with Gasteiger partial charge in [-0.05, 0) is 19.8 Å². The first kappa shape index (κ1) is 22.5. The van der Waals surface area contributed by atoms with E-state index in [0.717, 1.165) is 0 Å². The van der Waals surface area contributed by atoms with Crippen molar-refractivity contribution in [3.63, 3.8) is 0 Å². The number of aryl methyl sites for hydroxylation is 1. The Labute approximate surface area is 163 Å². The van der Waals surface area contributed by atoms with Gasteiger partial charge in [-0.25, -0.2) is 9.78 Å². The second-order valence-electron chi connectivity index (χ2n) is 6.29. The van der Waals surface area contributed by atoms with Gasteiger partial charge in [0.25, 0.3) is 5.56 Å². The van der Waals surface area contributed by atoms with Gasteiger partial charge >= 0.3 is 13.3 Å². The molecule has 0 fully saturated rings. The van der Waals surface area contributed by atoms with E-state index in [4.69, 9.17) is 13.8 Å². The van der Waals surface area contributed by atoms with Crippen molar-refractivity contribution in [2.45, 2.75) is 39.8 Å². The van der Waals surface area contributed by atoms with E-state index >= 15 is 0 Å². The maximum atomic E-state index is 12.9. The SMILES string of the molecule is CCOP(=O)(CC)OCCCCn1c(=O)c2c(ncn2CCOC)n(C)c1=O. The molecule has 1 atom stereocenters. The molecule has 2 heterocycles. The van der Waals surface area contributed by atoms with Gasteiger partial charge in [-0.3, -0.25) is 18.5 Å². The summed E-state index contributed by atoms with van der Waals surface area (Å²) in [6.07, 6.45) is 2.93. The summed E-state index contributed by atoms with van der Waals surface area (Å²) >= 11 is 0. The Morgan fingerprint density at radius 2 is 1.86 bits per heavy atom. The summed E-state index contributed by atoms with van der Waals surface area (Å²) in [6.45, 7) is 5.23. The summed E-state index contributed by atoms with van der Waals surface area (Å²) in [5.74, 6) is 0. The fraction of sp³-hybridized carbons (Fsp3) is 0.706. The van der Waals surface area contributed by atoms with Gasteiger partial charge in [0.05, 0.1) is 26.1 Å². The monoisotopic (exact) mass is 416 g/mol. The first-order valence-electron chi connectivity index (χ1n) is 9.40. The Morgan fingerprint density at radius 3 is 2.50 bits per heavy atom. The lowest BCUT2D eigenvalue weighted by molar-refractivity contribution is 0.188. The zero-order chi connectivity index (χ0) is 20.7. The molecule has 0 saturated carbocycles. The van der Waals surface area contributed by atoms with Crippen LogP contribution in [0, 0.1) is 0 Å². The molecule has 0 aromatic carbocycles. The lowest BCUT2D eigenvalue weighted by atomic mass is 10.3. The third kappa shape index (κ3) is 5.00. The molecule has 158 valence electrons. The second-order valence-corrected chi connectivity index (χ2v) is 8.66. The summed E-state index contributed by atoms with van der Waals surface area (Å²) in [6, 6.07) is 0. The van der Waals surface area contributed by atoms with E-state index in [0.29, 0.717) is 49.9 Å². The summed E-state index contributed by atoms with van der Waals surface area (Å²) < 4.78 is 32.2. The number of unbranched alkanes of at least 4 members (excludes halogenated alkanes) is 1. The Morgan fingerprint density at radius 1 is 1.11 bits per heavy atom. The molecule has 0 aliphatic carbocycles. The van der Waals surface area contributed by atoms with E-state index in [2.05, 4.69) is 4.98 Å². The first-order valence-corrected chi connectivity index (χ1v) is 11.1. The molecule has 0 radical (unpaired) electrons. The quantitative estimate of drug-likeness (QED) is 0.382. The molecule has 0 aliphatic rings. The number of aromatic nitrogens is 4. The maximum absolute atomic E-state index is 12.9. The number of hydrogen-bond acceptors (Lipinski definition) is 7. The summed E-state index contributed by atoms with van der Waals surface area (Å²) in [7, 11) is 0.137. The standard InChI is InChI=1S/C17H29N4O6P/c1-5-26-28(24,6-2)27-11-8-7-9-21-16(22)14-15(19(3)17(21)23)18-13-20(14)10-12-25-4/h13H,5-12H2,1-4H3. The molecule has 2 aromatic heterocycles. The van der Waals surface area contributed by atoms with Crippen molar-refractivity contribution in [1.29, 1.82) is 0 Å². The number of hydrogen-bond donors (Lipinski definition) is 0. The van der Waals surface area contributed by atoms with Crippen molar-refractivity contribution in [3.8, 4) is 0 Å². The second kappa shape index (κ2) is 10.2. The fourth-order valence-electron chi connectivity index (χ4n) is 2.87. The van der Waals surface area contributed by atoms with E-state index in [1.54, 1.807) is 38.9 Å². The molecule has 0 aliphatic heterocycles. The largest absolute Gasteiger partial charge is 0.383 e. The zero-order valence-corrected chi connectivity index (χ0v) is 17.8. The third-order valence-electron chi connectivity index (χ3n) is 4.42. The minimum Gasteiger partial charge on any atom is -0.383 e. The molecular formula is C17H29N4O6P. The van der Waals surface area contributed by atoms with Crippen LogP contribution in [0.2, 0.25) is 0 Å². The van der Waals surface area contributed by atoms with Crippen molar-refractivity contribution in [1.82, 2.24) is 18.7 Å². The van der Waals surface area contributed by atoms with Gasteiger partial charge < -0.3 is 18.4 Å². The molecule has 10 nitrogen and oxygen atoms in total. The van der Waals surface area contributed by atoms with E-state index in [1.165, 1.54) is 9.13 Å². The van der Waals surface area contributed by atoms with Gasteiger partial charge in [-0.1, -0.05) is 6.92 Å². The van der Waals surface area contributed by atoms with Crippen LogP contribution in [0.3, 0.4) is 0 Å². The van der Waals surface area contributed by atoms with Crippen LogP contribution in [-0.4, -0.2) is 51.8 Å². The number of imidazole rings is 1. The van der Waals surface area contributed by atoms with Crippen LogP contribution in [0.1, 0.15) is 26.7 Å². The van der Waals surface area contributed by atoms with Crippen LogP contribution in [0.15, 0.2) is 15.9 Å². The molecule has 2 rings (SSSR count). The van der Waals surface area contributed by atoms with Crippen LogP contribution in [0.25, 0.3) is 11.2 Å². The minimum atomic E-state index is -3.04. The third-order valence-corrected chi connectivity index (χ3v) is 6.42. The summed E-state index contributed by atoms with van der Waals surface area (Å²) in [5.41, 5.74) is -0.0568. The van der Waals surface area contributed by atoms with Gasteiger partial charge in [0, 0.05) is 33.4 Å². The van der Waals surface area contributed by atoms with Gasteiger partial charge in [-0.15, -0.1) is 0 Å². The highest BCUT2D eigenvalue weighted by Gasteiger charge is 2.20. The van der Waals surface area contributed by atoms with Crippen molar-refractivity contribution < 1.29 is 18.3 Å². The van der Waals surface area contributed by atoms with E-state index in [9.17, 15) is 14.2 Å². The van der Waals surface area contributed by atoms with Crippen molar-refractivity contribution in [2.24, 2.45) is 7.05 Å². The summed E-state index contributed by atoms with van der Waals surface area (Å²) in [5, 5.41) is 0. The number of methoxy groups -OCH3 is 1. The first-order chi connectivity index (χ1) is 13.4. The molecular weight excluding hydrogens is 387 g/mol. The average Bonchev–Trinajstić information content (AvgIpc) is 3.11. The molecule has 0 bridgehead atoms. The topological polar surface area (TPSA) is 107 Å². The number of nitrogens with zero attached hydrogens (tertiary/aromatic N) is 4. The zero-order valence-electron chi connectivity index (χ0n) is 16.9.